The Morgan fingerprint density at radius 1 is 1.29 bits per heavy atom. The van der Waals surface area contributed by atoms with E-state index in [0.717, 1.165) is 0 Å². The van der Waals surface area contributed by atoms with Gasteiger partial charge in [-0.2, -0.15) is 0 Å². The lowest BCUT2D eigenvalue weighted by Crippen LogP contribution is -1.99. The number of methoxy groups -OCH3 is 1. The van der Waals surface area contributed by atoms with Crippen molar-refractivity contribution >= 4 is 17.0 Å². The maximum absolute atomic E-state index is 14.0. The summed E-state index contributed by atoms with van der Waals surface area (Å²) in [6.07, 6.45) is 1.45. The lowest BCUT2D eigenvalue weighted by Gasteiger charge is -2.08. The van der Waals surface area contributed by atoms with E-state index in [1.807, 2.05) is 0 Å². The number of carboxylic acids is 1. The maximum Gasteiger partial charge on any atom is 0.335 e. The lowest BCUT2D eigenvalue weighted by molar-refractivity contribution is 0.0697. The largest absolute Gasteiger partial charge is 0.497 e. The molecule has 1 heterocycles. The molecule has 0 aliphatic heterocycles. The van der Waals surface area contributed by atoms with E-state index in [0.29, 0.717) is 16.8 Å². The van der Waals surface area contributed by atoms with Gasteiger partial charge in [-0.25, -0.2) is 14.2 Å². The van der Waals surface area contributed by atoms with Crippen molar-refractivity contribution in [2.75, 3.05) is 7.11 Å². The highest BCUT2D eigenvalue weighted by molar-refractivity contribution is 5.92. The van der Waals surface area contributed by atoms with Crippen LogP contribution >= 0.6 is 0 Å². The first-order valence-corrected chi connectivity index (χ1v) is 6.14. The molecule has 1 N–H and O–H groups in total. The van der Waals surface area contributed by atoms with Gasteiger partial charge in [0.1, 0.15) is 17.9 Å². The summed E-state index contributed by atoms with van der Waals surface area (Å²) in [6, 6.07) is 8.85. The van der Waals surface area contributed by atoms with E-state index in [1.54, 1.807) is 6.07 Å². The first-order chi connectivity index (χ1) is 10.1. The molecule has 0 atom stereocenters. The number of halogens is 1. The van der Waals surface area contributed by atoms with Gasteiger partial charge in [0.25, 0.3) is 0 Å². The van der Waals surface area contributed by atoms with Gasteiger partial charge >= 0.3 is 5.97 Å². The molecule has 0 spiro atoms. The predicted octanol–water partition coefficient (Wildman–Crippen LogP) is 2.87. The molecule has 5 nitrogen and oxygen atoms in total. The van der Waals surface area contributed by atoms with Crippen LogP contribution < -0.4 is 4.74 Å². The minimum absolute atomic E-state index is 0.118. The van der Waals surface area contributed by atoms with Gasteiger partial charge in [0, 0.05) is 6.07 Å². The summed E-state index contributed by atoms with van der Waals surface area (Å²) >= 11 is 0. The van der Waals surface area contributed by atoms with E-state index in [1.165, 1.54) is 48.3 Å². The third-order valence-corrected chi connectivity index (χ3v) is 3.21. The number of carbonyl (C=O) groups is 1. The summed E-state index contributed by atoms with van der Waals surface area (Å²) in [5.74, 6) is -0.991. The third kappa shape index (κ3) is 2.20. The number of nitrogens with zero attached hydrogens (tertiary/aromatic N) is 2. The number of hydrogen-bond acceptors (Lipinski definition) is 3. The van der Waals surface area contributed by atoms with Crippen LogP contribution in [-0.2, 0) is 0 Å². The predicted molar refractivity (Wildman–Crippen MR) is 74.5 cm³/mol. The number of ether oxygens (including phenoxy) is 1. The monoisotopic (exact) mass is 286 g/mol. The van der Waals surface area contributed by atoms with E-state index in [2.05, 4.69) is 4.98 Å². The van der Waals surface area contributed by atoms with E-state index >= 15 is 0 Å². The second-order valence-corrected chi connectivity index (χ2v) is 4.44. The summed E-state index contributed by atoms with van der Waals surface area (Å²) in [6.45, 7) is 0. The van der Waals surface area contributed by atoms with E-state index in [-0.39, 0.29) is 11.3 Å². The zero-order valence-electron chi connectivity index (χ0n) is 11.1. The Kier molecular flexibility index (Phi) is 3.06. The van der Waals surface area contributed by atoms with Gasteiger partial charge in [-0.05, 0) is 30.3 Å². The number of fused-ring (bicyclic) bond motifs is 1. The molecule has 1 aromatic heterocycles. The fourth-order valence-electron chi connectivity index (χ4n) is 2.14. The van der Waals surface area contributed by atoms with Crippen molar-refractivity contribution in [2.24, 2.45) is 0 Å². The molecule has 0 fully saturated rings. The molecular weight excluding hydrogens is 275 g/mol. The van der Waals surface area contributed by atoms with Crippen LogP contribution in [0.15, 0.2) is 42.7 Å². The Hall–Kier alpha value is -2.89. The van der Waals surface area contributed by atoms with Gasteiger partial charge in [0.05, 0.1) is 29.4 Å². The average molecular weight is 286 g/mol. The Labute approximate surface area is 119 Å². The fraction of sp³-hybridized carbons (Fsp3) is 0.0667. The van der Waals surface area contributed by atoms with E-state index in [4.69, 9.17) is 9.84 Å². The van der Waals surface area contributed by atoms with E-state index < -0.39 is 11.8 Å². The third-order valence-electron chi connectivity index (χ3n) is 3.21. The molecule has 0 aliphatic carbocycles. The molecule has 0 aliphatic rings. The van der Waals surface area contributed by atoms with Crippen molar-refractivity contribution in [1.82, 2.24) is 9.55 Å². The van der Waals surface area contributed by atoms with Crippen LogP contribution in [0.3, 0.4) is 0 Å². The SMILES string of the molecule is COc1ccc(F)c(-n2cnc3ccc(C(=O)O)cc32)c1. The van der Waals surface area contributed by atoms with Crippen LogP contribution in [-0.4, -0.2) is 27.7 Å². The standard InChI is InChI=1S/C15H11FN2O3/c1-21-10-3-4-11(16)13(7-10)18-8-17-12-5-2-9(15(19)20)6-14(12)18/h2-8H,1H3,(H,19,20). The Bertz CT molecular complexity index is 842. The summed E-state index contributed by atoms with van der Waals surface area (Å²) in [7, 11) is 1.49. The molecule has 106 valence electrons. The van der Waals surface area contributed by atoms with Gasteiger partial charge in [-0.3, -0.25) is 4.57 Å². The topological polar surface area (TPSA) is 64.4 Å². The van der Waals surface area contributed by atoms with Crippen LogP contribution in [0.5, 0.6) is 5.75 Å². The normalized spacial score (nSPS) is 10.8. The molecule has 0 radical (unpaired) electrons. The summed E-state index contributed by atoms with van der Waals surface area (Å²) in [4.78, 5) is 15.2. The minimum Gasteiger partial charge on any atom is -0.497 e. The lowest BCUT2D eigenvalue weighted by atomic mass is 10.2. The molecular formula is C15H11FN2O3. The highest BCUT2D eigenvalue weighted by atomic mass is 19.1. The van der Waals surface area contributed by atoms with Crippen molar-refractivity contribution in [3.05, 3.63) is 54.1 Å². The number of rotatable bonds is 3. The van der Waals surface area contributed by atoms with Gasteiger partial charge < -0.3 is 9.84 Å². The van der Waals surface area contributed by atoms with Crippen LogP contribution in [0, 0.1) is 5.82 Å². The number of carboxylic acid groups (broad SMARTS) is 1. The summed E-state index contributed by atoms with van der Waals surface area (Å²) in [5.41, 5.74) is 1.47. The van der Waals surface area contributed by atoms with Crippen LogP contribution in [0.2, 0.25) is 0 Å². The number of hydrogen-bond donors (Lipinski definition) is 1. The highest BCUT2D eigenvalue weighted by Gasteiger charge is 2.12. The van der Waals surface area contributed by atoms with Gasteiger partial charge in [0.2, 0.25) is 0 Å². The second-order valence-electron chi connectivity index (χ2n) is 4.44. The first kappa shape index (κ1) is 13.1. The zero-order valence-corrected chi connectivity index (χ0v) is 11.1. The van der Waals surface area contributed by atoms with Crippen molar-refractivity contribution in [2.45, 2.75) is 0 Å². The van der Waals surface area contributed by atoms with Crippen molar-refractivity contribution in [1.29, 1.82) is 0 Å². The number of aromatic nitrogens is 2. The zero-order chi connectivity index (χ0) is 15.0. The maximum atomic E-state index is 14.0. The molecule has 0 saturated carbocycles. The number of benzene rings is 2. The van der Waals surface area contributed by atoms with Crippen LogP contribution in [0.25, 0.3) is 16.7 Å². The summed E-state index contributed by atoms with van der Waals surface area (Å²) < 4.78 is 20.6. The van der Waals surface area contributed by atoms with Crippen molar-refractivity contribution in [3.8, 4) is 11.4 Å². The molecule has 3 rings (SSSR count). The van der Waals surface area contributed by atoms with Gasteiger partial charge in [-0.15, -0.1) is 0 Å². The van der Waals surface area contributed by atoms with Crippen LogP contribution in [0.1, 0.15) is 10.4 Å². The molecule has 3 aromatic rings. The Balaban J connectivity index is 2.25. The quantitative estimate of drug-likeness (QED) is 0.804. The molecule has 21 heavy (non-hydrogen) atoms. The van der Waals surface area contributed by atoms with E-state index in [9.17, 15) is 9.18 Å². The molecule has 0 amide bonds. The highest BCUT2D eigenvalue weighted by Crippen LogP contribution is 2.25. The van der Waals surface area contributed by atoms with Crippen molar-refractivity contribution < 1.29 is 19.0 Å². The van der Waals surface area contributed by atoms with Crippen molar-refractivity contribution in [3.63, 3.8) is 0 Å². The molecule has 0 saturated heterocycles. The molecule has 0 unspecified atom stereocenters. The molecule has 2 aromatic carbocycles. The molecule has 0 bridgehead atoms. The van der Waals surface area contributed by atoms with Gasteiger partial charge in [0.15, 0.2) is 0 Å². The second kappa shape index (κ2) is 4.90. The Morgan fingerprint density at radius 2 is 2.10 bits per heavy atom. The van der Waals surface area contributed by atoms with Crippen LogP contribution in [0.4, 0.5) is 4.39 Å². The fourth-order valence-corrected chi connectivity index (χ4v) is 2.14. The Morgan fingerprint density at radius 3 is 2.81 bits per heavy atom. The number of imidazole rings is 1. The van der Waals surface area contributed by atoms with Gasteiger partial charge in [-0.1, -0.05) is 0 Å². The number of aromatic carboxylic acids is 1. The average Bonchev–Trinajstić information content (AvgIpc) is 2.90. The first-order valence-electron chi connectivity index (χ1n) is 6.14. The summed E-state index contributed by atoms with van der Waals surface area (Å²) in [5, 5.41) is 9.06. The smallest absolute Gasteiger partial charge is 0.335 e. The minimum atomic E-state index is -1.05. The molecule has 6 heteroatoms.